The van der Waals surface area contributed by atoms with E-state index in [1.807, 2.05) is 22.4 Å². The van der Waals surface area contributed by atoms with Crippen LogP contribution in [0.15, 0.2) is 22.0 Å². The number of rotatable bonds is 5. The van der Waals surface area contributed by atoms with Gasteiger partial charge in [-0.05, 0) is 37.1 Å². The molecular weight excluding hydrogens is 360 g/mol. The minimum Gasteiger partial charge on any atom is -0.341 e. The summed E-state index contributed by atoms with van der Waals surface area (Å²) < 4.78 is 5.29. The van der Waals surface area contributed by atoms with Crippen molar-refractivity contribution in [1.82, 2.24) is 20.4 Å². The lowest BCUT2D eigenvalue weighted by Gasteiger charge is -2.24. The predicted molar refractivity (Wildman–Crippen MR) is 98.9 cm³/mol. The van der Waals surface area contributed by atoms with Crippen LogP contribution in [0.1, 0.15) is 38.0 Å². The number of nitrogens with one attached hydrogen (secondary N) is 1. The van der Waals surface area contributed by atoms with Crippen molar-refractivity contribution < 1.29 is 9.32 Å². The first-order chi connectivity index (χ1) is 11.8. The summed E-state index contributed by atoms with van der Waals surface area (Å²) in [6.45, 7) is 1.74. The van der Waals surface area contributed by atoms with Crippen molar-refractivity contribution in [3.63, 3.8) is 0 Å². The molecule has 6 nitrogen and oxygen atoms in total. The minimum atomic E-state index is 0. The molecule has 0 saturated carbocycles. The summed E-state index contributed by atoms with van der Waals surface area (Å²) >= 11 is 1.59. The molecular formula is C17H23ClN4O2S. The first-order valence-corrected chi connectivity index (χ1v) is 9.56. The molecule has 2 aromatic heterocycles. The topological polar surface area (TPSA) is 71.3 Å². The molecule has 2 bridgehead atoms. The zero-order valence-electron chi connectivity index (χ0n) is 14.0. The Balaban J connectivity index is 0.00000182. The second-order valence-electron chi connectivity index (χ2n) is 6.61. The average molecular weight is 383 g/mol. The van der Waals surface area contributed by atoms with Crippen LogP contribution in [-0.4, -0.2) is 46.1 Å². The van der Waals surface area contributed by atoms with Crippen LogP contribution < -0.4 is 5.32 Å². The molecule has 2 aliphatic rings. The Hall–Kier alpha value is -1.44. The Morgan fingerprint density at radius 2 is 2.24 bits per heavy atom. The van der Waals surface area contributed by atoms with Crippen LogP contribution in [-0.2, 0) is 11.2 Å². The molecule has 2 saturated heterocycles. The van der Waals surface area contributed by atoms with Gasteiger partial charge in [0.25, 0.3) is 0 Å². The normalized spacial score (nSPS) is 22.5. The van der Waals surface area contributed by atoms with Crippen molar-refractivity contribution in [2.24, 2.45) is 0 Å². The lowest BCUT2D eigenvalue weighted by Crippen LogP contribution is -2.38. The van der Waals surface area contributed by atoms with Gasteiger partial charge in [0, 0.05) is 38.0 Å². The summed E-state index contributed by atoms with van der Waals surface area (Å²) in [6.07, 6.45) is 5.49. The largest absolute Gasteiger partial charge is 0.341 e. The third-order valence-corrected chi connectivity index (χ3v) is 5.73. The number of hydrogen-bond acceptors (Lipinski definition) is 6. The maximum Gasteiger partial charge on any atom is 0.226 e. The van der Waals surface area contributed by atoms with Crippen molar-refractivity contribution in [3.8, 4) is 10.7 Å². The van der Waals surface area contributed by atoms with Gasteiger partial charge in [0.2, 0.25) is 17.6 Å². The molecule has 2 unspecified atom stereocenters. The van der Waals surface area contributed by atoms with Gasteiger partial charge in [0.15, 0.2) is 0 Å². The fraction of sp³-hybridized carbons (Fsp3) is 0.588. The minimum absolute atomic E-state index is 0. The maximum atomic E-state index is 12.4. The number of fused-ring (bicyclic) bond motifs is 2. The molecule has 136 valence electrons. The highest BCUT2D eigenvalue weighted by Gasteiger charge is 2.30. The van der Waals surface area contributed by atoms with Gasteiger partial charge in [-0.1, -0.05) is 11.2 Å². The number of likely N-dealkylation sites (tertiary alicyclic amines) is 1. The molecule has 2 aliphatic heterocycles. The lowest BCUT2D eigenvalue weighted by molar-refractivity contribution is -0.131. The first kappa shape index (κ1) is 18.4. The zero-order chi connectivity index (χ0) is 16.4. The van der Waals surface area contributed by atoms with Gasteiger partial charge in [-0.2, -0.15) is 4.98 Å². The van der Waals surface area contributed by atoms with Crippen LogP contribution >= 0.6 is 23.7 Å². The van der Waals surface area contributed by atoms with Crippen molar-refractivity contribution in [3.05, 3.63) is 23.4 Å². The number of carbonyl (C=O) groups is 1. The highest BCUT2D eigenvalue weighted by atomic mass is 35.5. The van der Waals surface area contributed by atoms with Gasteiger partial charge in [0.1, 0.15) is 0 Å². The molecule has 0 aromatic carbocycles. The highest BCUT2D eigenvalue weighted by molar-refractivity contribution is 7.13. The first-order valence-electron chi connectivity index (χ1n) is 8.68. The smallest absolute Gasteiger partial charge is 0.226 e. The third kappa shape index (κ3) is 4.40. The Morgan fingerprint density at radius 1 is 1.36 bits per heavy atom. The van der Waals surface area contributed by atoms with Gasteiger partial charge < -0.3 is 14.7 Å². The maximum absolute atomic E-state index is 12.4. The number of thiophene rings is 1. The number of aryl methyl sites for hydroxylation is 1. The van der Waals surface area contributed by atoms with Crippen LogP contribution in [0.2, 0.25) is 0 Å². The van der Waals surface area contributed by atoms with Crippen molar-refractivity contribution in [1.29, 1.82) is 0 Å². The molecule has 4 heterocycles. The monoisotopic (exact) mass is 382 g/mol. The average Bonchev–Trinajstić information content (AvgIpc) is 3.28. The second-order valence-corrected chi connectivity index (χ2v) is 7.56. The molecule has 1 N–H and O–H groups in total. The van der Waals surface area contributed by atoms with Crippen LogP contribution in [0.25, 0.3) is 10.7 Å². The Morgan fingerprint density at radius 3 is 3.08 bits per heavy atom. The van der Waals surface area contributed by atoms with E-state index in [1.54, 1.807) is 11.3 Å². The number of amides is 1. The molecule has 2 fully saturated rings. The number of nitrogens with zero attached hydrogens (tertiary/aromatic N) is 3. The van der Waals surface area contributed by atoms with Crippen molar-refractivity contribution in [2.45, 2.75) is 50.6 Å². The summed E-state index contributed by atoms with van der Waals surface area (Å²) in [5.41, 5.74) is 0. The fourth-order valence-electron chi connectivity index (χ4n) is 3.58. The molecule has 8 heteroatoms. The van der Waals surface area contributed by atoms with Crippen LogP contribution in [0.4, 0.5) is 0 Å². The number of carbonyl (C=O) groups excluding carboxylic acids is 1. The number of aromatic nitrogens is 2. The predicted octanol–water partition coefficient (Wildman–Crippen LogP) is 2.90. The van der Waals surface area contributed by atoms with E-state index in [4.69, 9.17) is 4.52 Å². The summed E-state index contributed by atoms with van der Waals surface area (Å²) in [5, 5.41) is 9.61. The van der Waals surface area contributed by atoms with E-state index in [0.29, 0.717) is 36.6 Å². The molecule has 1 amide bonds. The van der Waals surface area contributed by atoms with Crippen LogP contribution in [0.5, 0.6) is 0 Å². The fourth-order valence-corrected chi connectivity index (χ4v) is 4.23. The molecule has 0 aliphatic carbocycles. The highest BCUT2D eigenvalue weighted by Crippen LogP contribution is 2.22. The van der Waals surface area contributed by atoms with Gasteiger partial charge >= 0.3 is 0 Å². The second kappa shape index (κ2) is 8.29. The SMILES string of the molecule is Cl.O=C(CCCc1nc(-c2cccs2)no1)N1CCC2CCC(C1)N2. The molecule has 0 radical (unpaired) electrons. The summed E-state index contributed by atoms with van der Waals surface area (Å²) in [7, 11) is 0. The molecule has 0 spiro atoms. The summed E-state index contributed by atoms with van der Waals surface area (Å²) in [4.78, 5) is 19.9. The van der Waals surface area contributed by atoms with E-state index in [1.165, 1.54) is 12.8 Å². The van der Waals surface area contributed by atoms with E-state index in [2.05, 4.69) is 15.5 Å². The molecule has 25 heavy (non-hydrogen) atoms. The van der Waals surface area contributed by atoms with Crippen molar-refractivity contribution >= 4 is 29.7 Å². The Labute approximate surface area is 157 Å². The van der Waals surface area contributed by atoms with Gasteiger partial charge in [-0.15, -0.1) is 23.7 Å². The standard InChI is InChI=1S/C17H22N4O2S.ClH/c22-16(21-9-8-12-6-7-13(11-21)18-12)5-1-4-15-19-17(20-23-15)14-3-2-10-24-14;/h2-3,10,12-13,18H,1,4-9,11H2;1H. The molecule has 4 rings (SSSR count). The number of hydrogen-bond donors (Lipinski definition) is 1. The van der Waals surface area contributed by atoms with E-state index in [-0.39, 0.29) is 18.3 Å². The van der Waals surface area contributed by atoms with Crippen LogP contribution in [0.3, 0.4) is 0 Å². The van der Waals surface area contributed by atoms with E-state index in [0.717, 1.165) is 30.8 Å². The summed E-state index contributed by atoms with van der Waals surface area (Å²) in [5.74, 6) is 1.51. The Bertz CT molecular complexity index is 691. The zero-order valence-corrected chi connectivity index (χ0v) is 15.7. The Kier molecular flexibility index (Phi) is 6.09. The molecule has 2 atom stereocenters. The molecule has 2 aromatic rings. The lowest BCUT2D eigenvalue weighted by atomic mass is 10.1. The van der Waals surface area contributed by atoms with Crippen molar-refractivity contribution in [2.75, 3.05) is 13.1 Å². The quantitative estimate of drug-likeness (QED) is 0.860. The van der Waals surface area contributed by atoms with E-state index in [9.17, 15) is 4.79 Å². The van der Waals surface area contributed by atoms with Gasteiger partial charge in [0.05, 0.1) is 4.88 Å². The van der Waals surface area contributed by atoms with Gasteiger partial charge in [-0.25, -0.2) is 0 Å². The third-order valence-electron chi connectivity index (χ3n) is 4.87. The van der Waals surface area contributed by atoms with Gasteiger partial charge in [-0.3, -0.25) is 4.79 Å². The van der Waals surface area contributed by atoms with E-state index >= 15 is 0 Å². The van der Waals surface area contributed by atoms with Crippen LogP contribution in [0, 0.1) is 0 Å². The number of halogens is 1. The van der Waals surface area contributed by atoms with E-state index < -0.39 is 0 Å². The summed E-state index contributed by atoms with van der Waals surface area (Å²) in [6, 6.07) is 5.05.